The molecule has 0 saturated heterocycles. The Bertz CT molecular complexity index is 427. The fraction of sp³-hybridized carbons (Fsp3) is 0.500. The Morgan fingerprint density at radius 1 is 1.28 bits per heavy atom. The lowest BCUT2D eigenvalue weighted by Gasteiger charge is -2.41. The standard InChI is InChI=1S/C14H21N3O/c1-2-14(4-3-5-14)9-17-13(18)10-6-11(15)8-12(16)7-10/h6-8H,2-5,9,15-16H2,1H3,(H,17,18). The van der Waals surface area contributed by atoms with Gasteiger partial charge < -0.3 is 16.8 Å². The minimum Gasteiger partial charge on any atom is -0.399 e. The molecule has 1 aliphatic carbocycles. The van der Waals surface area contributed by atoms with Gasteiger partial charge in [-0.15, -0.1) is 0 Å². The molecule has 1 aromatic carbocycles. The Kier molecular flexibility index (Phi) is 3.45. The molecule has 4 heteroatoms. The summed E-state index contributed by atoms with van der Waals surface area (Å²) in [5.74, 6) is -0.0891. The van der Waals surface area contributed by atoms with Crippen LogP contribution in [0.25, 0.3) is 0 Å². The van der Waals surface area contributed by atoms with Crippen molar-refractivity contribution in [3.63, 3.8) is 0 Å². The molecule has 0 bridgehead atoms. The molecule has 1 aliphatic rings. The zero-order valence-corrected chi connectivity index (χ0v) is 10.8. The highest BCUT2D eigenvalue weighted by atomic mass is 16.1. The summed E-state index contributed by atoms with van der Waals surface area (Å²) in [7, 11) is 0. The van der Waals surface area contributed by atoms with E-state index in [0.29, 0.717) is 22.4 Å². The molecule has 0 spiro atoms. The van der Waals surface area contributed by atoms with Gasteiger partial charge in [0.1, 0.15) is 0 Å². The molecular formula is C14H21N3O. The van der Waals surface area contributed by atoms with Gasteiger partial charge in [0, 0.05) is 23.5 Å². The number of rotatable bonds is 4. The van der Waals surface area contributed by atoms with Gasteiger partial charge in [-0.25, -0.2) is 0 Å². The van der Waals surface area contributed by atoms with Gasteiger partial charge in [0.2, 0.25) is 0 Å². The maximum Gasteiger partial charge on any atom is 0.251 e. The number of hydrogen-bond donors (Lipinski definition) is 3. The molecule has 18 heavy (non-hydrogen) atoms. The number of carbonyl (C=O) groups is 1. The van der Waals surface area contributed by atoms with Gasteiger partial charge in [0.05, 0.1) is 0 Å². The van der Waals surface area contributed by atoms with Crippen molar-refractivity contribution in [1.82, 2.24) is 5.32 Å². The second-order valence-corrected chi connectivity index (χ2v) is 5.28. The number of benzene rings is 1. The summed E-state index contributed by atoms with van der Waals surface area (Å²) in [5, 5.41) is 3.00. The Balaban J connectivity index is 1.99. The molecule has 0 aromatic heterocycles. The van der Waals surface area contributed by atoms with Crippen LogP contribution in [0.1, 0.15) is 43.0 Å². The van der Waals surface area contributed by atoms with E-state index in [4.69, 9.17) is 11.5 Å². The number of carbonyl (C=O) groups excluding carboxylic acids is 1. The molecule has 5 N–H and O–H groups in total. The predicted molar refractivity (Wildman–Crippen MR) is 74.2 cm³/mol. The molecule has 0 radical (unpaired) electrons. The SMILES string of the molecule is CCC1(CNC(=O)c2cc(N)cc(N)c2)CCC1. The largest absolute Gasteiger partial charge is 0.399 e. The zero-order chi connectivity index (χ0) is 13.2. The highest BCUT2D eigenvalue weighted by Crippen LogP contribution is 2.43. The summed E-state index contributed by atoms with van der Waals surface area (Å²) in [5.41, 5.74) is 13.3. The molecule has 4 nitrogen and oxygen atoms in total. The average Bonchev–Trinajstić information content (AvgIpc) is 2.26. The number of nitrogens with two attached hydrogens (primary N) is 2. The molecule has 1 amide bonds. The van der Waals surface area contributed by atoms with E-state index >= 15 is 0 Å². The Labute approximate surface area is 108 Å². The lowest BCUT2D eigenvalue weighted by molar-refractivity contribution is 0.0850. The Morgan fingerprint density at radius 2 is 1.89 bits per heavy atom. The van der Waals surface area contributed by atoms with E-state index in [1.807, 2.05) is 0 Å². The van der Waals surface area contributed by atoms with Gasteiger partial charge in [0.25, 0.3) is 5.91 Å². The van der Waals surface area contributed by atoms with Crippen molar-refractivity contribution in [2.45, 2.75) is 32.6 Å². The van der Waals surface area contributed by atoms with Crippen molar-refractivity contribution in [2.75, 3.05) is 18.0 Å². The van der Waals surface area contributed by atoms with Crippen LogP contribution in [0.4, 0.5) is 11.4 Å². The van der Waals surface area contributed by atoms with Crippen LogP contribution in [0.15, 0.2) is 18.2 Å². The van der Waals surface area contributed by atoms with E-state index in [9.17, 15) is 4.79 Å². The maximum absolute atomic E-state index is 12.0. The van der Waals surface area contributed by atoms with Gasteiger partial charge in [-0.05, 0) is 42.9 Å². The fourth-order valence-electron chi connectivity index (χ4n) is 2.51. The van der Waals surface area contributed by atoms with Crippen LogP contribution in [0.3, 0.4) is 0 Å². The first-order valence-corrected chi connectivity index (χ1v) is 6.49. The monoisotopic (exact) mass is 247 g/mol. The molecule has 0 heterocycles. The third kappa shape index (κ3) is 2.58. The van der Waals surface area contributed by atoms with Gasteiger partial charge in [-0.3, -0.25) is 4.79 Å². The van der Waals surface area contributed by atoms with E-state index in [1.54, 1.807) is 18.2 Å². The highest BCUT2D eigenvalue weighted by Gasteiger charge is 2.35. The summed E-state index contributed by atoms with van der Waals surface area (Å²) in [4.78, 5) is 12.0. The van der Waals surface area contributed by atoms with Crippen molar-refractivity contribution < 1.29 is 4.79 Å². The lowest BCUT2D eigenvalue weighted by atomic mass is 9.67. The fourth-order valence-corrected chi connectivity index (χ4v) is 2.51. The van der Waals surface area contributed by atoms with Gasteiger partial charge in [-0.2, -0.15) is 0 Å². The summed E-state index contributed by atoms with van der Waals surface area (Å²) in [6, 6.07) is 4.96. The normalized spacial score (nSPS) is 16.9. The van der Waals surface area contributed by atoms with Gasteiger partial charge in [0.15, 0.2) is 0 Å². The van der Waals surface area contributed by atoms with Crippen LogP contribution in [-0.2, 0) is 0 Å². The van der Waals surface area contributed by atoms with Gasteiger partial charge >= 0.3 is 0 Å². The highest BCUT2D eigenvalue weighted by molar-refractivity contribution is 5.96. The van der Waals surface area contributed by atoms with E-state index in [2.05, 4.69) is 12.2 Å². The first kappa shape index (κ1) is 12.7. The van der Waals surface area contributed by atoms with Crippen molar-refractivity contribution >= 4 is 17.3 Å². The van der Waals surface area contributed by atoms with Crippen molar-refractivity contribution in [3.05, 3.63) is 23.8 Å². The number of hydrogen-bond acceptors (Lipinski definition) is 3. The topological polar surface area (TPSA) is 81.1 Å². The minimum absolute atomic E-state index is 0.0891. The van der Waals surface area contributed by atoms with E-state index in [1.165, 1.54) is 19.3 Å². The molecule has 98 valence electrons. The third-order valence-corrected chi connectivity index (χ3v) is 4.03. The molecule has 1 fully saturated rings. The zero-order valence-electron chi connectivity index (χ0n) is 10.8. The van der Waals surface area contributed by atoms with Crippen LogP contribution < -0.4 is 16.8 Å². The van der Waals surface area contributed by atoms with Crippen LogP contribution >= 0.6 is 0 Å². The molecule has 1 aromatic rings. The molecule has 0 aliphatic heterocycles. The smallest absolute Gasteiger partial charge is 0.251 e. The number of nitrogens with one attached hydrogen (secondary N) is 1. The predicted octanol–water partition coefficient (Wildman–Crippen LogP) is 2.16. The summed E-state index contributed by atoms with van der Waals surface area (Å²) in [6.45, 7) is 2.93. The molecule has 1 saturated carbocycles. The second kappa shape index (κ2) is 4.88. The first-order valence-electron chi connectivity index (χ1n) is 6.49. The molecule has 0 atom stereocenters. The Hall–Kier alpha value is -1.71. The maximum atomic E-state index is 12.0. The number of amides is 1. The van der Waals surface area contributed by atoms with E-state index in [0.717, 1.165) is 13.0 Å². The second-order valence-electron chi connectivity index (χ2n) is 5.28. The molecular weight excluding hydrogens is 226 g/mol. The summed E-state index contributed by atoms with van der Waals surface area (Å²) < 4.78 is 0. The lowest BCUT2D eigenvalue weighted by Crippen LogP contribution is -2.41. The van der Waals surface area contributed by atoms with Gasteiger partial charge in [-0.1, -0.05) is 13.3 Å². The average molecular weight is 247 g/mol. The van der Waals surface area contributed by atoms with Crippen LogP contribution in [0.5, 0.6) is 0 Å². The molecule has 0 unspecified atom stereocenters. The van der Waals surface area contributed by atoms with Crippen LogP contribution in [-0.4, -0.2) is 12.5 Å². The van der Waals surface area contributed by atoms with Crippen molar-refractivity contribution in [3.8, 4) is 0 Å². The third-order valence-electron chi connectivity index (χ3n) is 4.03. The van der Waals surface area contributed by atoms with Crippen molar-refractivity contribution in [2.24, 2.45) is 5.41 Å². The summed E-state index contributed by atoms with van der Waals surface area (Å²) in [6.07, 6.45) is 4.81. The number of nitrogen functional groups attached to an aromatic ring is 2. The minimum atomic E-state index is -0.0891. The van der Waals surface area contributed by atoms with Crippen molar-refractivity contribution in [1.29, 1.82) is 0 Å². The Morgan fingerprint density at radius 3 is 2.33 bits per heavy atom. The molecule has 2 rings (SSSR count). The van der Waals surface area contributed by atoms with Crippen LogP contribution in [0, 0.1) is 5.41 Å². The van der Waals surface area contributed by atoms with E-state index < -0.39 is 0 Å². The van der Waals surface area contributed by atoms with Crippen LogP contribution in [0.2, 0.25) is 0 Å². The summed E-state index contributed by atoms with van der Waals surface area (Å²) >= 11 is 0. The van der Waals surface area contributed by atoms with E-state index in [-0.39, 0.29) is 5.91 Å². The number of anilines is 2. The quantitative estimate of drug-likeness (QED) is 0.713. The first-order chi connectivity index (χ1) is 8.54.